The smallest absolute Gasteiger partial charge is 0.229 e. The fraction of sp³-hybridized carbons (Fsp3) is 0.389. The average Bonchev–Trinajstić information content (AvgIpc) is 3.03. The monoisotopic (exact) mass is 337 g/mol. The van der Waals surface area contributed by atoms with Gasteiger partial charge in [-0.25, -0.2) is 9.97 Å². The summed E-state index contributed by atoms with van der Waals surface area (Å²) in [6.45, 7) is 7.80. The zero-order chi connectivity index (χ0) is 17.2. The summed E-state index contributed by atoms with van der Waals surface area (Å²) in [5.41, 5.74) is 3.87. The Kier molecular flexibility index (Phi) is 4.23. The van der Waals surface area contributed by atoms with Gasteiger partial charge in [0.05, 0.1) is 12.5 Å². The quantitative estimate of drug-likeness (QED) is 0.788. The van der Waals surface area contributed by atoms with Crippen molar-refractivity contribution in [1.29, 1.82) is 0 Å². The lowest BCUT2D eigenvalue weighted by atomic mass is 10.2. The minimum atomic E-state index is 0.584. The highest BCUT2D eigenvalue weighted by Crippen LogP contribution is 2.21. The molecule has 3 heterocycles. The third-order valence-electron chi connectivity index (χ3n) is 4.76. The van der Waals surface area contributed by atoms with Gasteiger partial charge in [0.25, 0.3) is 0 Å². The molecule has 1 saturated heterocycles. The first kappa shape index (κ1) is 15.8. The van der Waals surface area contributed by atoms with E-state index in [2.05, 4.69) is 61.3 Å². The summed E-state index contributed by atoms with van der Waals surface area (Å²) >= 11 is 0. The minimum Gasteiger partial charge on any atom is -0.369 e. The predicted octanol–water partition coefficient (Wildman–Crippen LogP) is 2.25. The van der Waals surface area contributed by atoms with Crippen LogP contribution >= 0.6 is 0 Å². The predicted molar refractivity (Wildman–Crippen MR) is 100 cm³/mol. The highest BCUT2D eigenvalue weighted by molar-refractivity contribution is 5.71. The van der Waals surface area contributed by atoms with Crippen LogP contribution < -0.4 is 10.2 Å². The third kappa shape index (κ3) is 3.28. The molecular formula is C18H23N7. The van der Waals surface area contributed by atoms with Gasteiger partial charge in [0, 0.05) is 44.6 Å². The first-order valence-corrected chi connectivity index (χ1v) is 8.71. The molecule has 0 unspecified atom stereocenters. The second-order valence-corrected chi connectivity index (χ2v) is 6.35. The molecule has 7 nitrogen and oxygen atoms in total. The number of likely N-dealkylation sites (N-methyl/N-ethyl adjacent to an activating group) is 1. The van der Waals surface area contributed by atoms with Crippen LogP contribution in [0.3, 0.4) is 0 Å². The van der Waals surface area contributed by atoms with E-state index in [9.17, 15) is 0 Å². The highest BCUT2D eigenvalue weighted by atomic mass is 15.3. The number of hydrogen-bond donors (Lipinski definition) is 1. The van der Waals surface area contributed by atoms with Crippen molar-refractivity contribution >= 4 is 28.5 Å². The number of hydrogen-bond acceptors (Lipinski definition) is 6. The Bertz CT molecular complexity index is 847. The number of piperazine rings is 1. The number of imidazole rings is 1. The van der Waals surface area contributed by atoms with E-state index in [-0.39, 0.29) is 0 Å². The number of benzene rings is 1. The van der Waals surface area contributed by atoms with E-state index in [1.165, 1.54) is 5.69 Å². The molecule has 1 aliphatic heterocycles. The molecule has 4 rings (SSSR count). The topological polar surface area (TPSA) is 62.1 Å². The van der Waals surface area contributed by atoms with Crippen LogP contribution in [0.1, 0.15) is 6.92 Å². The van der Waals surface area contributed by atoms with Gasteiger partial charge in [-0.15, -0.1) is 0 Å². The molecule has 0 amide bonds. The molecule has 2 aromatic heterocycles. The van der Waals surface area contributed by atoms with Crippen LogP contribution in [0.2, 0.25) is 0 Å². The molecular weight excluding hydrogens is 314 g/mol. The number of aromatic nitrogens is 4. The van der Waals surface area contributed by atoms with Crippen LogP contribution in [0, 0.1) is 0 Å². The number of aryl methyl sites for hydroxylation is 1. The fourth-order valence-electron chi connectivity index (χ4n) is 3.19. The maximum atomic E-state index is 4.52. The van der Waals surface area contributed by atoms with Crippen LogP contribution in [0.5, 0.6) is 0 Å². The zero-order valence-corrected chi connectivity index (χ0v) is 14.7. The maximum absolute atomic E-state index is 4.52. The van der Waals surface area contributed by atoms with Gasteiger partial charge in [-0.05, 0) is 30.8 Å². The van der Waals surface area contributed by atoms with Crippen molar-refractivity contribution in [3.63, 3.8) is 0 Å². The van der Waals surface area contributed by atoms with Gasteiger partial charge in [0.1, 0.15) is 5.52 Å². The van der Waals surface area contributed by atoms with Crippen molar-refractivity contribution in [3.8, 4) is 0 Å². The number of nitrogens with one attached hydrogen (secondary N) is 1. The third-order valence-corrected chi connectivity index (χ3v) is 4.76. The SMILES string of the molecule is CCN1CCN(c2ccc(Nc3ncc4ncn(C)c4n3)cc2)CC1. The fourth-order valence-corrected chi connectivity index (χ4v) is 3.19. The van der Waals surface area contributed by atoms with E-state index < -0.39 is 0 Å². The van der Waals surface area contributed by atoms with E-state index in [1.807, 2.05) is 11.6 Å². The zero-order valence-electron chi connectivity index (χ0n) is 14.7. The second kappa shape index (κ2) is 6.68. The molecule has 0 bridgehead atoms. The van der Waals surface area contributed by atoms with Crippen molar-refractivity contribution in [2.75, 3.05) is 42.9 Å². The number of anilines is 3. The molecule has 0 radical (unpaired) electrons. The van der Waals surface area contributed by atoms with Gasteiger partial charge < -0.3 is 19.7 Å². The standard InChI is InChI=1S/C18H23N7/c1-3-24-8-10-25(11-9-24)15-6-4-14(5-7-15)21-18-19-12-16-17(22-18)23(2)13-20-16/h4-7,12-13H,3,8-11H2,1-2H3,(H,19,21,22). The summed E-state index contributed by atoms with van der Waals surface area (Å²) in [4.78, 5) is 18.0. The van der Waals surface area contributed by atoms with E-state index in [0.717, 1.165) is 49.6 Å². The van der Waals surface area contributed by atoms with Crippen LogP contribution in [0.25, 0.3) is 11.2 Å². The number of nitrogens with zero attached hydrogens (tertiary/aromatic N) is 6. The molecule has 0 spiro atoms. The van der Waals surface area contributed by atoms with Crippen LogP contribution in [0.15, 0.2) is 36.8 Å². The molecule has 3 aromatic rings. The van der Waals surface area contributed by atoms with Crippen LogP contribution in [-0.2, 0) is 7.05 Å². The van der Waals surface area contributed by atoms with Gasteiger partial charge in [0.2, 0.25) is 5.95 Å². The highest BCUT2D eigenvalue weighted by Gasteiger charge is 2.15. The van der Waals surface area contributed by atoms with Crippen molar-refractivity contribution in [2.45, 2.75) is 6.92 Å². The Balaban J connectivity index is 1.45. The molecule has 7 heteroatoms. The van der Waals surface area contributed by atoms with Crippen molar-refractivity contribution in [2.24, 2.45) is 7.05 Å². The first-order chi connectivity index (χ1) is 12.2. The maximum Gasteiger partial charge on any atom is 0.229 e. The summed E-state index contributed by atoms with van der Waals surface area (Å²) in [5.74, 6) is 0.584. The molecule has 25 heavy (non-hydrogen) atoms. The Hall–Kier alpha value is -2.67. The van der Waals surface area contributed by atoms with Gasteiger partial charge in [-0.1, -0.05) is 6.92 Å². The van der Waals surface area contributed by atoms with Crippen LogP contribution in [0.4, 0.5) is 17.3 Å². The summed E-state index contributed by atoms with van der Waals surface area (Å²) in [5, 5.41) is 3.27. The van der Waals surface area contributed by atoms with Crippen molar-refractivity contribution in [3.05, 3.63) is 36.8 Å². The molecule has 0 atom stereocenters. The lowest BCUT2D eigenvalue weighted by molar-refractivity contribution is 0.271. The summed E-state index contributed by atoms with van der Waals surface area (Å²) in [7, 11) is 1.93. The molecule has 1 aliphatic rings. The molecule has 0 saturated carbocycles. The first-order valence-electron chi connectivity index (χ1n) is 8.71. The van der Waals surface area contributed by atoms with Gasteiger partial charge in [0.15, 0.2) is 5.65 Å². The Morgan fingerprint density at radius 2 is 1.80 bits per heavy atom. The number of fused-ring (bicyclic) bond motifs is 1. The molecule has 0 aliphatic carbocycles. The lowest BCUT2D eigenvalue weighted by Crippen LogP contribution is -2.46. The van der Waals surface area contributed by atoms with E-state index in [4.69, 9.17) is 0 Å². The van der Waals surface area contributed by atoms with E-state index >= 15 is 0 Å². The lowest BCUT2D eigenvalue weighted by Gasteiger charge is -2.35. The van der Waals surface area contributed by atoms with Gasteiger partial charge in [-0.2, -0.15) is 4.98 Å². The summed E-state index contributed by atoms with van der Waals surface area (Å²) in [6, 6.07) is 8.48. The number of rotatable bonds is 4. The Labute approximate surface area is 147 Å². The molecule has 1 fully saturated rings. The Morgan fingerprint density at radius 3 is 2.52 bits per heavy atom. The van der Waals surface area contributed by atoms with E-state index in [1.54, 1.807) is 12.5 Å². The average molecular weight is 337 g/mol. The van der Waals surface area contributed by atoms with Crippen LogP contribution in [-0.4, -0.2) is 57.1 Å². The minimum absolute atomic E-state index is 0.584. The normalized spacial score (nSPS) is 15.7. The summed E-state index contributed by atoms with van der Waals surface area (Å²) in [6.07, 6.45) is 3.49. The van der Waals surface area contributed by atoms with Gasteiger partial charge >= 0.3 is 0 Å². The second-order valence-electron chi connectivity index (χ2n) is 6.35. The molecule has 130 valence electrons. The van der Waals surface area contributed by atoms with Crippen molar-refractivity contribution < 1.29 is 0 Å². The molecule has 1 aromatic carbocycles. The largest absolute Gasteiger partial charge is 0.369 e. The Morgan fingerprint density at radius 1 is 1.04 bits per heavy atom. The van der Waals surface area contributed by atoms with E-state index in [0.29, 0.717) is 5.95 Å². The van der Waals surface area contributed by atoms with Crippen molar-refractivity contribution in [1.82, 2.24) is 24.4 Å². The molecule has 1 N–H and O–H groups in total. The summed E-state index contributed by atoms with van der Waals surface area (Å²) < 4.78 is 1.89. The van der Waals surface area contributed by atoms with Gasteiger partial charge in [-0.3, -0.25) is 0 Å².